The van der Waals surface area contributed by atoms with E-state index in [-0.39, 0.29) is 12.6 Å². The molecule has 0 saturated heterocycles. The van der Waals surface area contributed by atoms with Crippen molar-refractivity contribution in [2.45, 2.75) is 52.7 Å². The lowest BCUT2D eigenvalue weighted by molar-refractivity contribution is 0.265. The van der Waals surface area contributed by atoms with E-state index >= 15 is 0 Å². The third kappa shape index (κ3) is 5.45. The van der Waals surface area contributed by atoms with E-state index in [1.807, 2.05) is 32.0 Å². The van der Waals surface area contributed by atoms with E-state index in [4.69, 9.17) is 4.74 Å². The van der Waals surface area contributed by atoms with E-state index in [9.17, 15) is 5.11 Å². The van der Waals surface area contributed by atoms with Gasteiger partial charge in [-0.15, -0.1) is 0 Å². The minimum absolute atomic E-state index is 0.0429. The highest BCUT2D eigenvalue weighted by atomic mass is 16.5. The number of hydrogen-bond acceptors (Lipinski definition) is 6. The zero-order chi connectivity index (χ0) is 17.4. The lowest BCUT2D eigenvalue weighted by atomic mass is 10.1. The molecular weight excluding hydrogens is 304 g/mol. The van der Waals surface area contributed by atoms with Gasteiger partial charge >= 0.3 is 0 Å². The molecule has 0 amide bonds. The van der Waals surface area contributed by atoms with Crippen LogP contribution >= 0.6 is 0 Å². The lowest BCUT2D eigenvalue weighted by Crippen LogP contribution is -2.25. The fraction of sp³-hybridized carbons (Fsp3) is 0.500. The van der Waals surface area contributed by atoms with Gasteiger partial charge in [0.2, 0.25) is 0 Å². The number of aromatic nitrogens is 3. The number of unbranched alkanes of at least 4 members (excludes halogenated alkanes) is 1. The van der Waals surface area contributed by atoms with Crippen molar-refractivity contribution in [2.75, 3.05) is 11.9 Å². The summed E-state index contributed by atoms with van der Waals surface area (Å²) in [5.41, 5.74) is 1.81. The Morgan fingerprint density at radius 1 is 1.25 bits per heavy atom. The van der Waals surface area contributed by atoms with Crippen molar-refractivity contribution >= 4 is 5.82 Å². The molecule has 0 aliphatic carbocycles. The molecular formula is C18H26N4O2. The predicted octanol–water partition coefficient (Wildman–Crippen LogP) is 3.03. The topological polar surface area (TPSA) is 80.2 Å². The Morgan fingerprint density at radius 3 is 2.79 bits per heavy atom. The van der Waals surface area contributed by atoms with Crippen molar-refractivity contribution in [2.24, 2.45) is 0 Å². The van der Waals surface area contributed by atoms with Gasteiger partial charge in [-0.25, -0.2) is 9.97 Å². The van der Waals surface area contributed by atoms with Crippen molar-refractivity contribution in [3.05, 3.63) is 41.6 Å². The number of hydrogen-bond donors (Lipinski definition) is 2. The quantitative estimate of drug-likeness (QED) is 0.735. The molecule has 24 heavy (non-hydrogen) atoms. The number of aliphatic hydroxyl groups excluding tert-OH is 1. The molecule has 1 atom stereocenters. The summed E-state index contributed by atoms with van der Waals surface area (Å²) in [6.07, 6.45) is 4.68. The van der Waals surface area contributed by atoms with Crippen molar-refractivity contribution in [1.29, 1.82) is 0 Å². The van der Waals surface area contributed by atoms with E-state index in [0.29, 0.717) is 24.0 Å². The SMILES string of the molecule is CCCC[C@@H](CO)Nc1nc(C)ncc1OCc1cccc(C)n1. The molecule has 6 heteroatoms. The van der Waals surface area contributed by atoms with Crippen molar-refractivity contribution in [3.8, 4) is 5.75 Å². The molecule has 0 aliphatic heterocycles. The summed E-state index contributed by atoms with van der Waals surface area (Å²) >= 11 is 0. The fourth-order valence-corrected chi connectivity index (χ4v) is 2.35. The van der Waals surface area contributed by atoms with Gasteiger partial charge in [-0.1, -0.05) is 25.8 Å². The van der Waals surface area contributed by atoms with Crippen LogP contribution in [0.5, 0.6) is 5.75 Å². The maximum Gasteiger partial charge on any atom is 0.180 e. The summed E-state index contributed by atoms with van der Waals surface area (Å²) in [5.74, 6) is 1.84. The minimum Gasteiger partial charge on any atom is -0.482 e. The van der Waals surface area contributed by atoms with Crippen LogP contribution in [0.2, 0.25) is 0 Å². The van der Waals surface area contributed by atoms with Gasteiger partial charge in [-0.3, -0.25) is 4.98 Å². The largest absolute Gasteiger partial charge is 0.482 e. The van der Waals surface area contributed by atoms with Crippen LogP contribution in [0.25, 0.3) is 0 Å². The normalized spacial score (nSPS) is 12.0. The number of aryl methyl sites for hydroxylation is 2. The molecule has 0 unspecified atom stereocenters. The first-order chi connectivity index (χ1) is 11.6. The zero-order valence-electron chi connectivity index (χ0n) is 14.6. The first kappa shape index (κ1) is 18.1. The van der Waals surface area contributed by atoms with Crippen LogP contribution in [0.4, 0.5) is 5.82 Å². The van der Waals surface area contributed by atoms with Gasteiger partial charge in [-0.05, 0) is 32.4 Å². The predicted molar refractivity (Wildman–Crippen MR) is 94.1 cm³/mol. The van der Waals surface area contributed by atoms with Gasteiger partial charge in [0.15, 0.2) is 11.6 Å². The standard InChI is InChI=1S/C18H26N4O2/c1-4-5-8-15(11-23)22-18-17(10-19-14(3)21-18)24-12-16-9-6-7-13(2)20-16/h6-7,9-10,15,23H,4-5,8,11-12H2,1-3H3,(H,19,21,22)/t15-/m0/s1. The summed E-state index contributed by atoms with van der Waals surface area (Å²) < 4.78 is 5.85. The maximum atomic E-state index is 9.56. The Labute approximate surface area is 143 Å². The van der Waals surface area contributed by atoms with Crippen LogP contribution in [0.3, 0.4) is 0 Å². The van der Waals surface area contributed by atoms with Gasteiger partial charge in [-0.2, -0.15) is 0 Å². The van der Waals surface area contributed by atoms with Crippen LogP contribution in [-0.4, -0.2) is 32.7 Å². The number of ether oxygens (including phenoxy) is 1. The first-order valence-corrected chi connectivity index (χ1v) is 8.38. The minimum atomic E-state index is -0.0429. The highest BCUT2D eigenvalue weighted by molar-refractivity contribution is 5.49. The Balaban J connectivity index is 2.08. The molecule has 2 aromatic rings. The molecule has 0 bridgehead atoms. The van der Waals surface area contributed by atoms with Crippen LogP contribution < -0.4 is 10.1 Å². The summed E-state index contributed by atoms with van der Waals surface area (Å²) in [7, 11) is 0. The Hall–Kier alpha value is -2.21. The van der Waals surface area contributed by atoms with E-state index < -0.39 is 0 Å². The van der Waals surface area contributed by atoms with Gasteiger partial charge < -0.3 is 15.2 Å². The maximum absolute atomic E-state index is 9.56. The number of aliphatic hydroxyl groups is 1. The monoisotopic (exact) mass is 330 g/mol. The van der Waals surface area contributed by atoms with Crippen molar-refractivity contribution < 1.29 is 9.84 Å². The first-order valence-electron chi connectivity index (χ1n) is 8.38. The Bertz CT molecular complexity index is 649. The number of nitrogens with zero attached hydrogens (tertiary/aromatic N) is 3. The molecule has 0 fully saturated rings. The molecule has 2 rings (SSSR count). The van der Waals surface area contributed by atoms with Gasteiger partial charge in [0.25, 0.3) is 0 Å². The van der Waals surface area contributed by atoms with Crippen LogP contribution in [0.15, 0.2) is 24.4 Å². The van der Waals surface area contributed by atoms with Gasteiger partial charge in [0.05, 0.1) is 24.5 Å². The van der Waals surface area contributed by atoms with E-state index in [1.54, 1.807) is 6.20 Å². The lowest BCUT2D eigenvalue weighted by Gasteiger charge is -2.19. The van der Waals surface area contributed by atoms with Crippen LogP contribution in [0, 0.1) is 13.8 Å². The molecule has 2 aromatic heterocycles. The van der Waals surface area contributed by atoms with Crippen LogP contribution in [0.1, 0.15) is 43.4 Å². The second kappa shape index (κ2) is 9.17. The van der Waals surface area contributed by atoms with E-state index in [0.717, 1.165) is 30.7 Å². The van der Waals surface area contributed by atoms with Crippen molar-refractivity contribution in [3.63, 3.8) is 0 Å². The molecule has 2 heterocycles. The molecule has 0 spiro atoms. The summed E-state index contributed by atoms with van der Waals surface area (Å²) in [6.45, 7) is 6.32. The highest BCUT2D eigenvalue weighted by Gasteiger charge is 2.13. The molecule has 130 valence electrons. The molecule has 0 aromatic carbocycles. The van der Waals surface area contributed by atoms with Crippen LogP contribution in [-0.2, 0) is 6.61 Å². The average Bonchev–Trinajstić information content (AvgIpc) is 2.58. The molecule has 6 nitrogen and oxygen atoms in total. The van der Waals surface area contributed by atoms with Gasteiger partial charge in [0, 0.05) is 5.69 Å². The second-order valence-corrected chi connectivity index (χ2v) is 5.86. The van der Waals surface area contributed by atoms with Crippen molar-refractivity contribution in [1.82, 2.24) is 15.0 Å². The Kier molecular flexibility index (Phi) is 6.93. The number of pyridine rings is 1. The molecule has 0 radical (unpaired) electrons. The van der Waals surface area contributed by atoms with E-state index in [1.165, 1.54) is 0 Å². The summed E-state index contributed by atoms with van der Waals surface area (Å²) in [4.78, 5) is 13.1. The molecule has 0 aliphatic rings. The number of anilines is 1. The zero-order valence-corrected chi connectivity index (χ0v) is 14.6. The summed E-state index contributed by atoms with van der Waals surface area (Å²) in [5, 5.41) is 12.8. The average molecular weight is 330 g/mol. The number of rotatable bonds is 9. The van der Waals surface area contributed by atoms with Gasteiger partial charge in [0.1, 0.15) is 12.4 Å². The highest BCUT2D eigenvalue weighted by Crippen LogP contribution is 2.23. The molecule has 0 saturated carbocycles. The van der Waals surface area contributed by atoms with E-state index in [2.05, 4.69) is 27.2 Å². The second-order valence-electron chi connectivity index (χ2n) is 5.86. The third-order valence-electron chi connectivity index (χ3n) is 3.66. The third-order valence-corrected chi connectivity index (χ3v) is 3.66. The summed E-state index contributed by atoms with van der Waals surface area (Å²) in [6, 6.07) is 5.79. The Morgan fingerprint density at radius 2 is 2.08 bits per heavy atom. The smallest absolute Gasteiger partial charge is 0.180 e. The fourth-order valence-electron chi connectivity index (χ4n) is 2.35. The number of nitrogens with one attached hydrogen (secondary N) is 1. The molecule has 2 N–H and O–H groups in total.